The number of carbonyl (C=O) groups is 1. The quantitative estimate of drug-likeness (QED) is 0.248. The number of ether oxygens (including phenoxy) is 2. The molecule has 5 nitrogen and oxygen atoms in total. The molecule has 0 heterocycles. The summed E-state index contributed by atoms with van der Waals surface area (Å²) in [5, 5.41) is 12.1. The Morgan fingerprint density at radius 1 is 0.738 bits per heavy atom. The molecule has 1 atom stereocenters. The van der Waals surface area contributed by atoms with Gasteiger partial charge >= 0.3 is 18.9 Å². The van der Waals surface area contributed by atoms with Crippen LogP contribution in [0.2, 0.25) is 0 Å². The van der Waals surface area contributed by atoms with Crippen LogP contribution in [-0.4, -0.2) is 42.1 Å². The maximum Gasteiger partial charge on any atom is 0.573 e. The molecule has 0 fully saturated rings. The first-order valence-electron chi connectivity index (χ1n) is 12.1. The van der Waals surface area contributed by atoms with Gasteiger partial charge in [-0.2, -0.15) is 13.2 Å². The molecule has 1 unspecified atom stereocenters. The zero-order valence-electron chi connectivity index (χ0n) is 21.7. The summed E-state index contributed by atoms with van der Waals surface area (Å²) >= 11 is 0. The van der Waals surface area contributed by atoms with Crippen LogP contribution in [0, 0.1) is 0 Å². The molecule has 3 aromatic rings. The summed E-state index contributed by atoms with van der Waals surface area (Å²) in [4.78, 5) is 12.7. The van der Waals surface area contributed by atoms with Gasteiger partial charge in [-0.25, -0.2) is 0 Å². The highest BCUT2D eigenvalue weighted by Gasteiger charge is 2.51. The lowest BCUT2D eigenvalue weighted by atomic mass is 9.70. The molecule has 0 aromatic heterocycles. The van der Waals surface area contributed by atoms with Crippen molar-refractivity contribution >= 4 is 5.91 Å². The fourth-order valence-corrected chi connectivity index (χ4v) is 4.29. The van der Waals surface area contributed by atoms with E-state index in [1.165, 1.54) is 24.3 Å². The monoisotopic (exact) mass is 609 g/mol. The summed E-state index contributed by atoms with van der Waals surface area (Å²) in [7, 11) is 0. The second-order valence-corrected chi connectivity index (χ2v) is 9.62. The summed E-state index contributed by atoms with van der Waals surface area (Å²) in [5.41, 5.74) is -4.56. The smallest absolute Gasteiger partial charge is 0.406 e. The highest BCUT2D eigenvalue weighted by Crippen LogP contribution is 2.40. The van der Waals surface area contributed by atoms with Crippen molar-refractivity contribution in [1.29, 1.82) is 0 Å². The van der Waals surface area contributed by atoms with E-state index in [4.69, 9.17) is 0 Å². The van der Waals surface area contributed by atoms with Crippen LogP contribution in [0.3, 0.4) is 0 Å². The second-order valence-electron chi connectivity index (χ2n) is 9.62. The molecule has 0 aliphatic carbocycles. The molecular weight excluding hydrogens is 585 g/mol. The lowest BCUT2D eigenvalue weighted by Gasteiger charge is -2.37. The van der Waals surface area contributed by atoms with Crippen molar-refractivity contribution in [3.05, 3.63) is 95.6 Å². The van der Waals surface area contributed by atoms with Crippen LogP contribution < -0.4 is 14.8 Å². The van der Waals surface area contributed by atoms with Crippen molar-refractivity contribution in [2.45, 2.75) is 49.7 Å². The molecule has 2 N–H and O–H groups in total. The average Bonchev–Trinajstić information content (AvgIpc) is 2.84. The van der Waals surface area contributed by atoms with Crippen molar-refractivity contribution in [1.82, 2.24) is 5.32 Å². The van der Waals surface area contributed by atoms with Gasteiger partial charge in [0.2, 0.25) is 5.91 Å². The van der Waals surface area contributed by atoms with E-state index >= 15 is 0 Å². The first-order valence-corrected chi connectivity index (χ1v) is 12.1. The molecule has 0 bridgehead atoms. The van der Waals surface area contributed by atoms with E-state index in [1.54, 1.807) is 30.3 Å². The van der Waals surface area contributed by atoms with Crippen LogP contribution in [0.4, 0.5) is 39.5 Å². The van der Waals surface area contributed by atoms with Crippen LogP contribution in [0.15, 0.2) is 78.9 Å². The van der Waals surface area contributed by atoms with E-state index in [1.807, 2.05) is 0 Å². The third kappa shape index (κ3) is 8.78. The van der Waals surface area contributed by atoms with Crippen molar-refractivity contribution in [2.75, 3.05) is 6.54 Å². The van der Waals surface area contributed by atoms with E-state index in [0.29, 0.717) is 12.5 Å². The summed E-state index contributed by atoms with van der Waals surface area (Å²) < 4.78 is 126. The number of benzene rings is 3. The Kier molecular flexibility index (Phi) is 9.40. The minimum Gasteiger partial charge on any atom is -0.406 e. The minimum atomic E-state index is -5.17. The van der Waals surface area contributed by atoms with E-state index in [9.17, 15) is 49.4 Å². The number of aliphatic hydroxyl groups is 1. The molecule has 3 rings (SSSR count). The molecule has 228 valence electrons. The number of carbonyl (C=O) groups excluding carboxylic acids is 1. The number of hydrogen-bond donors (Lipinski definition) is 2. The first-order chi connectivity index (χ1) is 19.3. The van der Waals surface area contributed by atoms with E-state index in [-0.39, 0.29) is 17.5 Å². The van der Waals surface area contributed by atoms with E-state index in [2.05, 4.69) is 14.8 Å². The van der Waals surface area contributed by atoms with Gasteiger partial charge in [-0.05, 0) is 54.3 Å². The minimum absolute atomic E-state index is 0.0140. The molecule has 0 saturated heterocycles. The van der Waals surface area contributed by atoms with Gasteiger partial charge in [-0.1, -0.05) is 54.6 Å². The SMILES string of the molecule is CC(O)(CC(=O)NCC(Cc1ccccc1)(c1cccc(OC(F)(F)F)c1)c1cccc(OC(F)(F)F)c1)C(F)(F)F. The molecule has 0 saturated carbocycles. The zero-order chi connectivity index (χ0) is 31.4. The van der Waals surface area contributed by atoms with Crippen molar-refractivity contribution in [3.8, 4) is 11.5 Å². The predicted octanol–water partition coefficient (Wildman–Crippen LogP) is 6.83. The Labute approximate surface area is 233 Å². The second kappa shape index (κ2) is 12.1. The summed E-state index contributed by atoms with van der Waals surface area (Å²) in [5.74, 6) is -2.65. The normalized spacial score (nSPS) is 14.2. The van der Waals surface area contributed by atoms with Crippen LogP contribution in [0.1, 0.15) is 30.0 Å². The summed E-state index contributed by atoms with van der Waals surface area (Å²) in [6, 6.07) is 17.0. The number of halogens is 9. The Hall–Kier alpha value is -3.94. The maximum atomic E-state index is 13.2. The van der Waals surface area contributed by atoms with Gasteiger partial charge in [0, 0.05) is 12.0 Å². The standard InChI is InChI=1S/C28H24F9NO4/c1-24(40,26(29,30)31)16-23(39)38-17-25(15-18-7-3-2-4-8-18,19-9-5-11-21(13-19)41-27(32,33)34)20-10-6-12-22(14-20)42-28(35,36)37/h2-14,40H,15-17H2,1H3,(H,38,39). The third-order valence-corrected chi connectivity index (χ3v) is 6.29. The lowest BCUT2D eigenvalue weighted by molar-refractivity contribution is -0.275. The fraction of sp³-hybridized carbons (Fsp3) is 0.321. The predicted molar refractivity (Wildman–Crippen MR) is 131 cm³/mol. The number of alkyl halides is 9. The van der Waals surface area contributed by atoms with Gasteiger partial charge in [-0.15, -0.1) is 26.3 Å². The third-order valence-electron chi connectivity index (χ3n) is 6.29. The van der Waals surface area contributed by atoms with Gasteiger partial charge in [-0.3, -0.25) is 4.79 Å². The first kappa shape index (κ1) is 32.6. The lowest BCUT2D eigenvalue weighted by Crippen LogP contribution is -2.49. The van der Waals surface area contributed by atoms with Crippen LogP contribution in [0.25, 0.3) is 0 Å². The number of rotatable bonds is 10. The number of hydrogen-bond acceptors (Lipinski definition) is 4. The topological polar surface area (TPSA) is 67.8 Å². The van der Waals surface area contributed by atoms with Crippen LogP contribution in [0.5, 0.6) is 11.5 Å². The van der Waals surface area contributed by atoms with Crippen molar-refractivity contribution in [3.63, 3.8) is 0 Å². The Balaban J connectivity index is 2.19. The summed E-state index contributed by atoms with van der Waals surface area (Å²) in [6.07, 6.45) is -16.9. The highest BCUT2D eigenvalue weighted by molar-refractivity contribution is 5.77. The number of nitrogens with one attached hydrogen (secondary N) is 1. The molecular formula is C28H24F9NO4. The largest absolute Gasteiger partial charge is 0.573 e. The highest BCUT2D eigenvalue weighted by atomic mass is 19.4. The Morgan fingerprint density at radius 2 is 1.21 bits per heavy atom. The Bertz CT molecular complexity index is 1290. The molecule has 0 aliphatic heterocycles. The molecule has 0 radical (unpaired) electrons. The number of amides is 1. The molecule has 0 spiro atoms. The van der Waals surface area contributed by atoms with Gasteiger partial charge in [0.05, 0.1) is 6.42 Å². The zero-order valence-corrected chi connectivity index (χ0v) is 21.7. The van der Waals surface area contributed by atoms with Crippen LogP contribution >= 0.6 is 0 Å². The maximum absolute atomic E-state index is 13.2. The molecule has 42 heavy (non-hydrogen) atoms. The molecule has 14 heteroatoms. The molecule has 1 amide bonds. The van der Waals surface area contributed by atoms with E-state index in [0.717, 1.165) is 24.3 Å². The van der Waals surface area contributed by atoms with Gasteiger partial charge in [0.15, 0.2) is 5.60 Å². The van der Waals surface area contributed by atoms with Gasteiger partial charge in [0.1, 0.15) is 11.5 Å². The van der Waals surface area contributed by atoms with Gasteiger partial charge < -0.3 is 19.9 Å². The van der Waals surface area contributed by atoms with Gasteiger partial charge in [0.25, 0.3) is 0 Å². The fourth-order valence-electron chi connectivity index (χ4n) is 4.29. The van der Waals surface area contributed by atoms with Crippen LogP contribution in [-0.2, 0) is 16.6 Å². The summed E-state index contributed by atoms with van der Waals surface area (Å²) in [6.45, 7) is -0.223. The Morgan fingerprint density at radius 3 is 1.64 bits per heavy atom. The average molecular weight is 609 g/mol. The van der Waals surface area contributed by atoms with Crippen molar-refractivity contribution < 1.29 is 58.9 Å². The molecule has 3 aromatic carbocycles. The van der Waals surface area contributed by atoms with E-state index < -0.39 is 60.3 Å². The molecule has 0 aliphatic rings. The van der Waals surface area contributed by atoms with Crippen molar-refractivity contribution in [2.24, 2.45) is 0 Å².